The maximum Gasteiger partial charge on any atom is 0.417 e. The number of anilines is 1. The summed E-state index contributed by atoms with van der Waals surface area (Å²) in [6.45, 7) is -0.436. The van der Waals surface area contributed by atoms with Crippen LogP contribution in [0.1, 0.15) is 5.56 Å². The summed E-state index contributed by atoms with van der Waals surface area (Å²) >= 11 is 1.25. The molecule has 0 spiro atoms. The molecule has 0 saturated heterocycles. The van der Waals surface area contributed by atoms with Gasteiger partial charge in [0, 0.05) is 0 Å². The van der Waals surface area contributed by atoms with Crippen molar-refractivity contribution in [3.8, 4) is 0 Å². The van der Waals surface area contributed by atoms with Crippen molar-refractivity contribution in [2.24, 2.45) is 0 Å². The Morgan fingerprint density at radius 3 is 2.50 bits per heavy atom. The number of hydrogen-bond acceptors (Lipinski definition) is 5. The number of carbonyl (C=O) groups is 2. The van der Waals surface area contributed by atoms with Crippen LogP contribution in [0.5, 0.6) is 0 Å². The van der Waals surface area contributed by atoms with Crippen LogP contribution in [0, 0.1) is 0 Å². The first-order chi connectivity index (χ1) is 11.6. The lowest BCUT2D eigenvalue weighted by Gasteiger charge is -2.17. The molecule has 0 radical (unpaired) electrons. The van der Waals surface area contributed by atoms with Gasteiger partial charge in [0.15, 0.2) is 5.13 Å². The van der Waals surface area contributed by atoms with Gasteiger partial charge >= 0.3 is 12.1 Å². The number of para-hydroxylation sites is 1. The number of nitrogens with zero attached hydrogens (tertiary/aromatic N) is 2. The number of aromatic nitrogens is 1. The SMILES string of the molecule is O=C(O)CN(C(=O)OCc1ccccc1)c1nc2ccccc2s1. The Hall–Kier alpha value is -2.93. The highest BCUT2D eigenvalue weighted by Gasteiger charge is 2.23. The van der Waals surface area contributed by atoms with E-state index in [4.69, 9.17) is 9.84 Å². The van der Waals surface area contributed by atoms with E-state index >= 15 is 0 Å². The third-order valence-electron chi connectivity index (χ3n) is 3.23. The van der Waals surface area contributed by atoms with Crippen LogP contribution in [-0.2, 0) is 16.1 Å². The highest BCUT2D eigenvalue weighted by atomic mass is 32.1. The topological polar surface area (TPSA) is 79.7 Å². The molecule has 0 aliphatic carbocycles. The van der Waals surface area contributed by atoms with Crippen LogP contribution in [0.4, 0.5) is 9.93 Å². The second kappa shape index (κ2) is 7.10. The average Bonchev–Trinajstić information content (AvgIpc) is 3.02. The number of amides is 1. The Bertz CT molecular complexity index is 830. The number of carbonyl (C=O) groups excluding carboxylic acids is 1. The third kappa shape index (κ3) is 3.69. The molecule has 1 N–H and O–H groups in total. The van der Waals surface area contributed by atoms with Crippen LogP contribution in [0.2, 0.25) is 0 Å². The van der Waals surface area contributed by atoms with Gasteiger partial charge < -0.3 is 9.84 Å². The molecule has 122 valence electrons. The van der Waals surface area contributed by atoms with E-state index in [9.17, 15) is 9.59 Å². The van der Waals surface area contributed by atoms with E-state index in [1.165, 1.54) is 11.3 Å². The number of carboxylic acids is 1. The number of carboxylic acid groups (broad SMARTS) is 1. The average molecular weight is 342 g/mol. The molecular formula is C17H14N2O4S. The highest BCUT2D eigenvalue weighted by molar-refractivity contribution is 7.22. The summed E-state index contributed by atoms with van der Waals surface area (Å²) in [6, 6.07) is 16.6. The van der Waals surface area contributed by atoms with Gasteiger partial charge in [0.1, 0.15) is 13.2 Å². The number of benzene rings is 2. The van der Waals surface area contributed by atoms with Crippen LogP contribution in [0.15, 0.2) is 54.6 Å². The smallest absolute Gasteiger partial charge is 0.417 e. The number of thiazole rings is 1. The molecule has 24 heavy (non-hydrogen) atoms. The summed E-state index contributed by atoms with van der Waals surface area (Å²) in [4.78, 5) is 28.8. The predicted octanol–water partition coefficient (Wildman–Crippen LogP) is 3.52. The van der Waals surface area contributed by atoms with Gasteiger partial charge in [0.2, 0.25) is 0 Å². The standard InChI is InChI=1S/C17H14N2O4S/c20-15(21)10-19(16-18-13-8-4-5-9-14(13)24-16)17(22)23-11-12-6-2-1-3-7-12/h1-9H,10-11H2,(H,20,21). The summed E-state index contributed by atoms with van der Waals surface area (Å²) in [5.74, 6) is -1.13. The van der Waals surface area contributed by atoms with Gasteiger partial charge in [-0.1, -0.05) is 53.8 Å². The van der Waals surface area contributed by atoms with Gasteiger partial charge in [0.05, 0.1) is 10.2 Å². The van der Waals surface area contributed by atoms with E-state index in [1.807, 2.05) is 54.6 Å². The van der Waals surface area contributed by atoms with Gasteiger partial charge in [0.25, 0.3) is 0 Å². The monoisotopic (exact) mass is 342 g/mol. The fraction of sp³-hybridized carbons (Fsp3) is 0.118. The highest BCUT2D eigenvalue weighted by Crippen LogP contribution is 2.29. The van der Waals surface area contributed by atoms with Gasteiger partial charge in [-0.15, -0.1) is 0 Å². The molecule has 6 nitrogen and oxygen atoms in total. The second-order valence-electron chi connectivity index (χ2n) is 4.98. The Kier molecular flexibility index (Phi) is 4.72. The van der Waals surface area contributed by atoms with Gasteiger partial charge in [-0.25, -0.2) is 14.7 Å². The minimum Gasteiger partial charge on any atom is -0.480 e. The molecule has 0 aliphatic heterocycles. The van der Waals surface area contributed by atoms with Crippen molar-refractivity contribution in [3.05, 3.63) is 60.2 Å². The molecule has 1 amide bonds. The maximum atomic E-state index is 12.3. The fourth-order valence-corrected chi connectivity index (χ4v) is 3.07. The largest absolute Gasteiger partial charge is 0.480 e. The summed E-state index contributed by atoms with van der Waals surface area (Å²) in [7, 11) is 0. The zero-order chi connectivity index (χ0) is 16.9. The number of ether oxygens (including phenoxy) is 1. The minimum atomic E-state index is -1.13. The number of aliphatic carboxylic acids is 1. The Balaban J connectivity index is 1.80. The van der Waals surface area contributed by atoms with Gasteiger partial charge in [-0.2, -0.15) is 0 Å². The van der Waals surface area contributed by atoms with E-state index in [2.05, 4.69) is 4.98 Å². The van der Waals surface area contributed by atoms with Gasteiger partial charge in [-0.3, -0.25) is 4.79 Å². The molecule has 0 atom stereocenters. The van der Waals surface area contributed by atoms with Gasteiger partial charge in [-0.05, 0) is 17.7 Å². The molecule has 0 unspecified atom stereocenters. The molecule has 7 heteroatoms. The zero-order valence-corrected chi connectivity index (χ0v) is 13.4. The van der Waals surface area contributed by atoms with Crippen molar-refractivity contribution in [3.63, 3.8) is 0 Å². The number of rotatable bonds is 5. The van der Waals surface area contributed by atoms with Crippen LogP contribution >= 0.6 is 11.3 Å². The lowest BCUT2D eigenvalue weighted by molar-refractivity contribution is -0.135. The van der Waals surface area contributed by atoms with Crippen LogP contribution in [-0.4, -0.2) is 28.7 Å². The normalized spacial score (nSPS) is 10.5. The van der Waals surface area contributed by atoms with Crippen molar-refractivity contribution in [2.45, 2.75) is 6.61 Å². The summed E-state index contributed by atoms with van der Waals surface area (Å²) in [5, 5.41) is 9.38. The quantitative estimate of drug-likeness (QED) is 0.767. The molecule has 1 aromatic heterocycles. The molecule has 0 fully saturated rings. The molecule has 1 heterocycles. The van der Waals surface area contributed by atoms with E-state index in [0.717, 1.165) is 15.2 Å². The Morgan fingerprint density at radius 2 is 1.79 bits per heavy atom. The van der Waals surface area contributed by atoms with Crippen molar-refractivity contribution in [1.82, 2.24) is 4.98 Å². The van der Waals surface area contributed by atoms with Crippen molar-refractivity contribution >= 4 is 38.7 Å². The maximum absolute atomic E-state index is 12.3. The zero-order valence-electron chi connectivity index (χ0n) is 12.6. The Labute approximate surface area is 141 Å². The summed E-state index contributed by atoms with van der Waals surface area (Å²) in [6.07, 6.45) is -0.736. The van der Waals surface area contributed by atoms with Crippen LogP contribution in [0.3, 0.4) is 0 Å². The lowest BCUT2D eigenvalue weighted by Crippen LogP contribution is -2.36. The first-order valence-corrected chi connectivity index (χ1v) is 8.01. The van der Waals surface area contributed by atoms with E-state index in [1.54, 1.807) is 0 Å². The number of fused-ring (bicyclic) bond motifs is 1. The van der Waals surface area contributed by atoms with Crippen molar-refractivity contribution < 1.29 is 19.4 Å². The molecule has 3 aromatic rings. The van der Waals surface area contributed by atoms with Crippen molar-refractivity contribution in [2.75, 3.05) is 11.4 Å². The molecule has 2 aromatic carbocycles. The second-order valence-corrected chi connectivity index (χ2v) is 5.99. The lowest BCUT2D eigenvalue weighted by atomic mass is 10.2. The molecule has 3 rings (SSSR count). The fourth-order valence-electron chi connectivity index (χ4n) is 2.12. The molecule has 0 bridgehead atoms. The summed E-state index contributed by atoms with van der Waals surface area (Å²) in [5.41, 5.74) is 1.54. The molecule has 0 saturated carbocycles. The molecular weight excluding hydrogens is 328 g/mol. The van der Waals surface area contributed by atoms with E-state index < -0.39 is 18.6 Å². The predicted molar refractivity (Wildman–Crippen MR) is 91.2 cm³/mol. The first kappa shape index (κ1) is 15.9. The van der Waals surface area contributed by atoms with Crippen molar-refractivity contribution in [1.29, 1.82) is 0 Å². The third-order valence-corrected chi connectivity index (χ3v) is 4.29. The van der Waals surface area contributed by atoms with E-state index in [0.29, 0.717) is 10.6 Å². The molecule has 0 aliphatic rings. The Morgan fingerprint density at radius 1 is 1.08 bits per heavy atom. The first-order valence-electron chi connectivity index (χ1n) is 7.19. The summed E-state index contributed by atoms with van der Waals surface area (Å²) < 4.78 is 6.11. The van der Waals surface area contributed by atoms with Crippen LogP contribution < -0.4 is 4.90 Å². The van der Waals surface area contributed by atoms with Crippen LogP contribution in [0.25, 0.3) is 10.2 Å². The van der Waals surface area contributed by atoms with E-state index in [-0.39, 0.29) is 6.61 Å². The minimum absolute atomic E-state index is 0.0701. The number of hydrogen-bond donors (Lipinski definition) is 1.